The number of halogens is 1. The van der Waals surface area contributed by atoms with Crippen LogP contribution in [0.25, 0.3) is 10.8 Å². The number of nitrogens with zero attached hydrogens (tertiary/aromatic N) is 2. The number of sulfonamides is 1. The summed E-state index contributed by atoms with van der Waals surface area (Å²) < 4.78 is 27.0. The molecule has 1 aromatic carbocycles. The van der Waals surface area contributed by atoms with Crippen molar-refractivity contribution in [1.29, 1.82) is 0 Å². The minimum Gasteiger partial charge on any atom is -0.329 e. The highest BCUT2D eigenvalue weighted by molar-refractivity contribution is 7.89. The van der Waals surface area contributed by atoms with Crippen LogP contribution in [0.15, 0.2) is 41.6 Å². The fraction of sp³-hybridized carbons (Fsp3) is 0.357. The normalized spacial score (nSPS) is 11.6. The van der Waals surface area contributed by atoms with Crippen LogP contribution in [0.4, 0.5) is 0 Å². The standard InChI is InChI=1S/C14H19N3O2S.ClH/c1-2-9-17(10-7-15)20(18,19)14-5-3-4-12-11-16-8-6-13(12)14;/h3-6,8,11H,2,7,9-10,15H2,1H3;1H. The number of hydrogen-bond acceptors (Lipinski definition) is 4. The van der Waals surface area contributed by atoms with Gasteiger partial charge in [-0.3, -0.25) is 4.98 Å². The topological polar surface area (TPSA) is 76.3 Å². The number of hydrogen-bond donors (Lipinski definition) is 1. The monoisotopic (exact) mass is 329 g/mol. The number of fused-ring (bicyclic) bond motifs is 1. The maximum absolute atomic E-state index is 12.8. The molecule has 5 nitrogen and oxygen atoms in total. The van der Waals surface area contributed by atoms with Gasteiger partial charge in [-0.2, -0.15) is 4.31 Å². The predicted octanol–water partition coefficient (Wildman–Crippen LogP) is 2.02. The zero-order valence-corrected chi connectivity index (χ0v) is 13.5. The zero-order valence-electron chi connectivity index (χ0n) is 11.9. The smallest absolute Gasteiger partial charge is 0.243 e. The Morgan fingerprint density at radius 3 is 2.67 bits per heavy atom. The van der Waals surface area contributed by atoms with Crippen molar-refractivity contribution in [2.75, 3.05) is 19.6 Å². The Bertz CT molecular complexity index is 680. The van der Waals surface area contributed by atoms with Gasteiger partial charge >= 0.3 is 0 Å². The van der Waals surface area contributed by atoms with Gasteiger partial charge in [0.25, 0.3) is 0 Å². The molecular formula is C14H20ClN3O2S. The highest BCUT2D eigenvalue weighted by Gasteiger charge is 2.24. The molecule has 0 spiro atoms. The second kappa shape index (κ2) is 7.70. The van der Waals surface area contributed by atoms with Gasteiger partial charge in [0.1, 0.15) is 0 Å². The van der Waals surface area contributed by atoms with E-state index in [1.54, 1.807) is 30.6 Å². The van der Waals surface area contributed by atoms with Crippen LogP contribution in [0.2, 0.25) is 0 Å². The van der Waals surface area contributed by atoms with Gasteiger partial charge in [0.2, 0.25) is 10.0 Å². The van der Waals surface area contributed by atoms with Crippen molar-refractivity contribution in [1.82, 2.24) is 9.29 Å². The molecule has 0 radical (unpaired) electrons. The summed E-state index contributed by atoms with van der Waals surface area (Å²) in [5.41, 5.74) is 5.53. The first-order chi connectivity index (χ1) is 9.61. The highest BCUT2D eigenvalue weighted by atomic mass is 35.5. The van der Waals surface area contributed by atoms with E-state index in [1.165, 1.54) is 4.31 Å². The molecule has 2 N–H and O–H groups in total. The van der Waals surface area contributed by atoms with Crippen LogP contribution in [-0.4, -0.2) is 37.3 Å². The van der Waals surface area contributed by atoms with Crippen LogP contribution in [-0.2, 0) is 10.0 Å². The molecule has 2 rings (SSSR count). The Morgan fingerprint density at radius 2 is 2.00 bits per heavy atom. The summed E-state index contributed by atoms with van der Waals surface area (Å²) in [6, 6.07) is 6.96. The van der Waals surface area contributed by atoms with Gasteiger partial charge in [-0.1, -0.05) is 19.1 Å². The second-order valence-corrected chi connectivity index (χ2v) is 6.45. The molecule has 0 aliphatic heterocycles. The SMILES string of the molecule is CCCN(CCN)S(=O)(=O)c1cccc2cnccc12.Cl. The van der Waals surface area contributed by atoms with E-state index >= 15 is 0 Å². The predicted molar refractivity (Wildman–Crippen MR) is 87.1 cm³/mol. The van der Waals surface area contributed by atoms with E-state index < -0.39 is 10.0 Å². The lowest BCUT2D eigenvalue weighted by Crippen LogP contribution is -2.36. The number of rotatable bonds is 6. The molecule has 0 unspecified atom stereocenters. The Kier molecular flexibility index (Phi) is 6.54. The fourth-order valence-electron chi connectivity index (χ4n) is 2.20. The lowest BCUT2D eigenvalue weighted by atomic mass is 10.2. The summed E-state index contributed by atoms with van der Waals surface area (Å²) in [4.78, 5) is 4.34. The van der Waals surface area contributed by atoms with E-state index in [-0.39, 0.29) is 12.4 Å². The lowest BCUT2D eigenvalue weighted by Gasteiger charge is -2.21. The molecule has 0 saturated carbocycles. The first kappa shape index (κ1) is 17.8. The van der Waals surface area contributed by atoms with Crippen LogP contribution in [0, 0.1) is 0 Å². The molecule has 0 aliphatic carbocycles. The second-order valence-electron chi connectivity index (χ2n) is 4.55. The van der Waals surface area contributed by atoms with Crippen molar-refractivity contribution in [3.8, 4) is 0 Å². The molecule has 0 aliphatic rings. The van der Waals surface area contributed by atoms with Crippen LogP contribution < -0.4 is 5.73 Å². The number of benzene rings is 1. The van der Waals surface area contributed by atoms with Gasteiger partial charge in [-0.15, -0.1) is 12.4 Å². The van der Waals surface area contributed by atoms with Crippen LogP contribution in [0.3, 0.4) is 0 Å². The van der Waals surface area contributed by atoms with Gasteiger partial charge in [0.05, 0.1) is 4.90 Å². The van der Waals surface area contributed by atoms with E-state index in [4.69, 9.17) is 5.73 Å². The highest BCUT2D eigenvalue weighted by Crippen LogP contribution is 2.25. The van der Waals surface area contributed by atoms with E-state index in [9.17, 15) is 8.42 Å². The van der Waals surface area contributed by atoms with Crippen molar-refractivity contribution < 1.29 is 8.42 Å². The number of pyridine rings is 1. The minimum atomic E-state index is -3.53. The molecule has 21 heavy (non-hydrogen) atoms. The molecule has 1 aromatic heterocycles. The first-order valence-electron chi connectivity index (χ1n) is 6.64. The quantitative estimate of drug-likeness (QED) is 0.879. The molecule has 0 fully saturated rings. The minimum absolute atomic E-state index is 0. The van der Waals surface area contributed by atoms with E-state index in [2.05, 4.69) is 4.98 Å². The zero-order chi connectivity index (χ0) is 14.6. The van der Waals surface area contributed by atoms with Gasteiger partial charge < -0.3 is 5.73 Å². The van der Waals surface area contributed by atoms with Gasteiger partial charge in [0.15, 0.2) is 0 Å². The molecule has 0 saturated heterocycles. The molecular weight excluding hydrogens is 310 g/mol. The largest absolute Gasteiger partial charge is 0.329 e. The molecule has 7 heteroatoms. The van der Waals surface area contributed by atoms with E-state index in [1.807, 2.05) is 13.0 Å². The summed E-state index contributed by atoms with van der Waals surface area (Å²) in [7, 11) is -3.53. The summed E-state index contributed by atoms with van der Waals surface area (Å²) in [5.74, 6) is 0. The van der Waals surface area contributed by atoms with Crippen molar-refractivity contribution >= 4 is 33.2 Å². The average Bonchev–Trinajstić information content (AvgIpc) is 2.46. The molecule has 0 amide bonds. The van der Waals surface area contributed by atoms with E-state index in [0.717, 1.165) is 11.8 Å². The van der Waals surface area contributed by atoms with Crippen LogP contribution in [0.5, 0.6) is 0 Å². The van der Waals surface area contributed by atoms with E-state index in [0.29, 0.717) is 29.9 Å². The Labute approximate surface area is 131 Å². The first-order valence-corrected chi connectivity index (χ1v) is 8.08. The van der Waals surface area contributed by atoms with Crippen molar-refractivity contribution in [2.24, 2.45) is 5.73 Å². The maximum Gasteiger partial charge on any atom is 0.243 e. The summed E-state index contributed by atoms with van der Waals surface area (Å²) in [5, 5.41) is 1.51. The van der Waals surface area contributed by atoms with Crippen LogP contribution in [0.1, 0.15) is 13.3 Å². The summed E-state index contributed by atoms with van der Waals surface area (Å²) in [6.45, 7) is 3.07. The summed E-state index contributed by atoms with van der Waals surface area (Å²) in [6.07, 6.45) is 4.03. The third kappa shape index (κ3) is 3.71. The Hall–Kier alpha value is -1.21. The lowest BCUT2D eigenvalue weighted by molar-refractivity contribution is 0.418. The average molecular weight is 330 g/mol. The fourth-order valence-corrected chi connectivity index (χ4v) is 3.96. The van der Waals surface area contributed by atoms with Crippen molar-refractivity contribution in [3.05, 3.63) is 36.7 Å². The third-order valence-corrected chi connectivity index (χ3v) is 5.07. The molecule has 116 valence electrons. The Balaban J connectivity index is 0.00000220. The van der Waals surface area contributed by atoms with Crippen LogP contribution >= 0.6 is 12.4 Å². The summed E-state index contributed by atoms with van der Waals surface area (Å²) >= 11 is 0. The molecule has 0 atom stereocenters. The van der Waals surface area contributed by atoms with Crippen molar-refractivity contribution in [2.45, 2.75) is 18.2 Å². The molecule has 1 heterocycles. The third-order valence-electron chi connectivity index (χ3n) is 3.11. The molecule has 0 bridgehead atoms. The van der Waals surface area contributed by atoms with Gasteiger partial charge in [-0.25, -0.2) is 8.42 Å². The Morgan fingerprint density at radius 1 is 1.24 bits per heavy atom. The molecule has 2 aromatic rings. The number of nitrogens with two attached hydrogens (primary N) is 1. The number of aromatic nitrogens is 1. The maximum atomic E-state index is 12.8. The van der Waals surface area contributed by atoms with Gasteiger partial charge in [-0.05, 0) is 18.6 Å². The van der Waals surface area contributed by atoms with Gasteiger partial charge in [0, 0.05) is 42.8 Å². The van der Waals surface area contributed by atoms with Crippen molar-refractivity contribution in [3.63, 3.8) is 0 Å².